The topological polar surface area (TPSA) is 153 Å². The minimum Gasteiger partial charge on any atom is -0.494 e. The largest absolute Gasteiger partial charge is 0.494 e. The summed E-state index contributed by atoms with van der Waals surface area (Å²) in [7, 11) is -1.05. The fourth-order valence-corrected chi connectivity index (χ4v) is 7.93. The second-order valence-corrected chi connectivity index (χ2v) is 17.0. The fraction of sp³-hybridized carbons (Fsp3) is 0.385. The first-order chi connectivity index (χ1) is 27.4. The lowest BCUT2D eigenvalue weighted by Crippen LogP contribution is -2.35. The molecule has 3 aromatic heterocycles. The Kier molecular flexibility index (Phi) is 11.5. The van der Waals surface area contributed by atoms with E-state index in [-0.39, 0.29) is 61.1 Å². The maximum Gasteiger partial charge on any atom is 0.292 e. The number of amides is 1. The van der Waals surface area contributed by atoms with E-state index in [1.165, 1.54) is 58.7 Å². The molecule has 2 aromatic carbocycles. The summed E-state index contributed by atoms with van der Waals surface area (Å²) in [5.41, 5.74) is -2.98. The summed E-state index contributed by atoms with van der Waals surface area (Å²) >= 11 is 6.61. The van der Waals surface area contributed by atoms with E-state index in [9.17, 15) is 35.9 Å². The van der Waals surface area contributed by atoms with Gasteiger partial charge in [0.1, 0.15) is 35.2 Å². The zero-order valence-corrected chi connectivity index (χ0v) is 34.1. The van der Waals surface area contributed by atoms with Crippen LogP contribution in [0.15, 0.2) is 36.4 Å². The normalized spacial score (nSPS) is 16.8. The lowest BCUT2D eigenvalue weighted by Gasteiger charge is -2.24. The summed E-state index contributed by atoms with van der Waals surface area (Å²) < 4.78 is 123. The molecule has 6 rings (SSSR count). The van der Waals surface area contributed by atoms with Crippen LogP contribution in [0.3, 0.4) is 0 Å². The summed E-state index contributed by atoms with van der Waals surface area (Å²) in [5, 5.41) is 21.5. The van der Waals surface area contributed by atoms with Gasteiger partial charge < -0.3 is 15.2 Å². The van der Waals surface area contributed by atoms with Gasteiger partial charge in [-0.1, -0.05) is 37.4 Å². The zero-order chi connectivity index (χ0) is 43.5. The second kappa shape index (κ2) is 15.7. The number of nitrogens with zero attached hydrogens (tertiary/aromatic N) is 5. The van der Waals surface area contributed by atoms with E-state index < -0.39 is 87.7 Å². The maximum absolute atomic E-state index is 15.6. The second-order valence-electron chi connectivity index (χ2n) is 14.9. The Morgan fingerprint density at radius 2 is 1.75 bits per heavy atom. The first kappa shape index (κ1) is 43.3. The third-order valence-corrected chi connectivity index (χ3v) is 10.8. The van der Waals surface area contributed by atoms with Crippen molar-refractivity contribution in [1.29, 1.82) is 0 Å². The fourth-order valence-electron chi connectivity index (χ4n) is 7.20. The van der Waals surface area contributed by atoms with Crippen LogP contribution < -0.4 is 14.8 Å². The minimum absolute atomic E-state index is 0.0102. The van der Waals surface area contributed by atoms with Gasteiger partial charge in [0.25, 0.3) is 12.3 Å². The molecule has 0 saturated carbocycles. The quantitative estimate of drug-likeness (QED) is 0.0936. The number of hydrogen-bond acceptors (Lipinski definition) is 8. The van der Waals surface area contributed by atoms with Gasteiger partial charge in [-0.05, 0) is 61.9 Å². The monoisotopic (exact) mass is 865 g/mol. The van der Waals surface area contributed by atoms with Crippen LogP contribution in [0.5, 0.6) is 5.75 Å². The summed E-state index contributed by atoms with van der Waals surface area (Å²) in [6, 6.07) is 5.71. The van der Waals surface area contributed by atoms with Gasteiger partial charge in [-0.15, -0.1) is 0 Å². The van der Waals surface area contributed by atoms with E-state index >= 15 is 8.78 Å². The molecule has 3 heterocycles. The number of benzene rings is 2. The van der Waals surface area contributed by atoms with Crippen LogP contribution in [0, 0.1) is 29.4 Å². The lowest BCUT2D eigenvalue weighted by atomic mass is 9.93. The molecule has 12 nitrogen and oxygen atoms in total. The average Bonchev–Trinajstić information content (AvgIpc) is 3.71. The third-order valence-electron chi connectivity index (χ3n) is 9.87. The van der Waals surface area contributed by atoms with Crippen LogP contribution in [0.1, 0.15) is 80.0 Å². The standard InChI is InChI=1S/C39H38ClF6N7O5S/c1-18-19(2)39(45,46)35-30(18)33(36(43)44)49-53(35)17-29(54)47-27(14-20-12-21(41)15-22(42)13-20)32-24(16-28(58-6)26(48-32)10-11-38(3,4)55)23-8-9-25(40)31-34(23)52(5)50-37(31)51-59(7,56)57/h8-9,12-13,15-16,18-19,27,36,55H,14,17H2,1-7H3,(H,47,54)(H,50,51)/t18-,19+,27-/m0/s1. The number of ether oxygens (including phenoxy) is 1. The molecule has 1 amide bonds. The Hall–Kier alpha value is -5.32. The average molecular weight is 866 g/mol. The first-order valence-electron chi connectivity index (χ1n) is 17.9. The molecule has 0 spiro atoms. The van der Waals surface area contributed by atoms with E-state index in [0.717, 1.165) is 18.4 Å². The number of carbonyl (C=O) groups excluding carboxylic acids is 1. The number of aliphatic hydroxyl groups is 1. The van der Waals surface area contributed by atoms with Crippen LogP contribution in [-0.2, 0) is 40.8 Å². The molecule has 0 aliphatic heterocycles. The molecule has 0 saturated heterocycles. The molecule has 0 unspecified atom stereocenters. The first-order valence-corrected chi connectivity index (χ1v) is 20.2. The van der Waals surface area contributed by atoms with Gasteiger partial charge in [0.05, 0.1) is 41.0 Å². The van der Waals surface area contributed by atoms with Crippen molar-refractivity contribution in [2.24, 2.45) is 13.0 Å². The number of sulfonamides is 1. The molecule has 1 aliphatic rings. The molecule has 3 N–H and O–H groups in total. The van der Waals surface area contributed by atoms with Gasteiger partial charge in [-0.3, -0.25) is 18.9 Å². The van der Waals surface area contributed by atoms with E-state index in [4.69, 9.17) is 21.3 Å². The number of halogens is 7. The van der Waals surface area contributed by atoms with Crippen LogP contribution in [0.25, 0.3) is 22.0 Å². The number of aryl methyl sites for hydroxylation is 1. The SMILES string of the molecule is COc1cc(-c2ccc(Cl)c3c(NS(C)(=O)=O)nn(C)c23)c([C@H](Cc2cc(F)cc(F)c2)NC(=O)Cn2nc(C(F)F)c3c2C(F)(F)[C@H](C)[C@@H]3C)nc1C#CC(C)(C)O. The van der Waals surface area contributed by atoms with Gasteiger partial charge in [0.15, 0.2) is 17.3 Å². The lowest BCUT2D eigenvalue weighted by molar-refractivity contribution is -0.123. The van der Waals surface area contributed by atoms with Gasteiger partial charge in [-0.2, -0.15) is 19.0 Å². The number of methoxy groups -OCH3 is 1. The van der Waals surface area contributed by atoms with Crippen molar-refractivity contribution in [3.8, 4) is 28.7 Å². The van der Waals surface area contributed by atoms with Crippen molar-refractivity contribution in [2.75, 3.05) is 18.1 Å². The highest BCUT2D eigenvalue weighted by atomic mass is 35.5. The van der Waals surface area contributed by atoms with Crippen molar-refractivity contribution in [3.63, 3.8) is 0 Å². The maximum atomic E-state index is 15.6. The van der Waals surface area contributed by atoms with E-state index in [1.807, 2.05) is 0 Å². The van der Waals surface area contributed by atoms with Crippen molar-refractivity contribution >= 4 is 44.3 Å². The van der Waals surface area contributed by atoms with E-state index in [0.29, 0.717) is 10.7 Å². The van der Waals surface area contributed by atoms with Crippen molar-refractivity contribution in [2.45, 2.75) is 70.6 Å². The number of pyridine rings is 1. The van der Waals surface area contributed by atoms with E-state index in [1.54, 1.807) is 6.07 Å². The smallest absolute Gasteiger partial charge is 0.292 e. The number of aromatic nitrogens is 5. The molecular formula is C39H38ClF6N7O5S. The van der Waals surface area contributed by atoms with E-state index in [2.05, 4.69) is 32.1 Å². The van der Waals surface area contributed by atoms with Crippen LogP contribution in [-0.4, -0.2) is 62.9 Å². The Morgan fingerprint density at radius 3 is 2.34 bits per heavy atom. The molecular weight excluding hydrogens is 828 g/mol. The summed E-state index contributed by atoms with van der Waals surface area (Å²) in [6.45, 7) is 4.44. The molecule has 1 aliphatic carbocycles. The highest BCUT2D eigenvalue weighted by molar-refractivity contribution is 7.92. The molecule has 0 radical (unpaired) electrons. The number of nitrogens with one attached hydrogen (secondary N) is 2. The van der Waals surface area contributed by atoms with Crippen molar-refractivity contribution in [1.82, 2.24) is 29.9 Å². The Labute approximate surface area is 340 Å². The Balaban J connectivity index is 1.59. The highest BCUT2D eigenvalue weighted by Gasteiger charge is 2.55. The Bertz CT molecular complexity index is 2650. The van der Waals surface area contributed by atoms with Crippen LogP contribution in [0.2, 0.25) is 5.02 Å². The predicted octanol–water partition coefficient (Wildman–Crippen LogP) is 7.15. The number of fused-ring (bicyclic) bond motifs is 2. The molecule has 314 valence electrons. The number of hydrogen-bond donors (Lipinski definition) is 3. The minimum atomic E-state index is -3.86. The number of anilines is 1. The van der Waals surface area contributed by atoms with Crippen molar-refractivity contribution in [3.05, 3.63) is 87.0 Å². The molecule has 0 fully saturated rings. The number of carbonyl (C=O) groups is 1. The summed E-state index contributed by atoms with van der Waals surface area (Å²) in [4.78, 5) is 18.8. The van der Waals surface area contributed by atoms with Crippen molar-refractivity contribution < 1.29 is 49.4 Å². The third kappa shape index (κ3) is 8.70. The highest BCUT2D eigenvalue weighted by Crippen LogP contribution is 2.54. The summed E-state index contributed by atoms with van der Waals surface area (Å²) in [5.74, 6) is -3.64. The van der Waals surface area contributed by atoms with Crippen LogP contribution in [0.4, 0.5) is 32.2 Å². The zero-order valence-electron chi connectivity index (χ0n) is 32.6. The molecule has 59 heavy (non-hydrogen) atoms. The Morgan fingerprint density at radius 1 is 1.08 bits per heavy atom. The number of alkyl halides is 4. The van der Waals surface area contributed by atoms with Gasteiger partial charge in [0.2, 0.25) is 15.9 Å². The molecule has 5 aromatic rings. The van der Waals surface area contributed by atoms with Gasteiger partial charge in [-0.25, -0.2) is 31.0 Å². The predicted molar refractivity (Wildman–Crippen MR) is 207 cm³/mol. The molecule has 3 atom stereocenters. The van der Waals surface area contributed by atoms with Crippen LogP contribution >= 0.6 is 11.6 Å². The molecule has 0 bridgehead atoms. The number of rotatable bonds is 11. The van der Waals surface area contributed by atoms with Gasteiger partial charge in [0, 0.05) is 35.7 Å². The van der Waals surface area contributed by atoms with Gasteiger partial charge >= 0.3 is 0 Å². The summed E-state index contributed by atoms with van der Waals surface area (Å²) in [6.07, 6.45) is -2.70. The molecule has 20 heteroatoms.